The number of rotatable bonds is 8. The number of benzene rings is 1. The molecule has 0 saturated carbocycles. The molecule has 0 N–H and O–H groups in total. The monoisotopic (exact) mass is 405 g/mol. The number of hydrogen-bond donors (Lipinski definition) is 0. The van der Waals surface area contributed by atoms with Crippen molar-refractivity contribution < 1.29 is 23.8 Å². The number of ether oxygens (including phenoxy) is 3. The Morgan fingerprint density at radius 1 is 1.14 bits per heavy atom. The Balaban J connectivity index is 2.01. The molecule has 6 nitrogen and oxygen atoms in total. The predicted octanol–water partition coefficient (Wildman–Crippen LogP) is 4.56. The molecule has 1 unspecified atom stereocenters. The van der Waals surface area contributed by atoms with E-state index in [9.17, 15) is 9.59 Å². The average Bonchev–Trinajstić information content (AvgIpc) is 3.12. The summed E-state index contributed by atoms with van der Waals surface area (Å²) in [7, 11) is 0. The van der Waals surface area contributed by atoms with Gasteiger partial charge in [-0.25, -0.2) is 4.98 Å². The Kier molecular flexibility index (Phi) is 7.57. The van der Waals surface area contributed by atoms with E-state index < -0.39 is 35.7 Å². The van der Waals surface area contributed by atoms with E-state index in [2.05, 4.69) is 4.98 Å². The molecule has 1 heterocycles. The molecular formula is C21H27NO5S. The second-order valence-corrected chi connectivity index (χ2v) is 8.48. The molecule has 28 heavy (non-hydrogen) atoms. The predicted molar refractivity (Wildman–Crippen MR) is 107 cm³/mol. The van der Waals surface area contributed by atoms with Crippen molar-refractivity contribution in [3.05, 3.63) is 46.9 Å². The van der Waals surface area contributed by atoms with Crippen LogP contribution >= 0.6 is 11.3 Å². The van der Waals surface area contributed by atoms with E-state index in [1.807, 2.05) is 35.7 Å². The van der Waals surface area contributed by atoms with Crippen LogP contribution in [0.25, 0.3) is 0 Å². The highest BCUT2D eigenvalue weighted by atomic mass is 32.1. The summed E-state index contributed by atoms with van der Waals surface area (Å²) in [6.07, 6.45) is 0.519. The van der Waals surface area contributed by atoms with Crippen LogP contribution in [0.1, 0.15) is 52.2 Å². The maximum atomic E-state index is 12.5. The van der Waals surface area contributed by atoms with E-state index >= 15 is 0 Å². The van der Waals surface area contributed by atoms with E-state index in [-0.39, 0.29) is 6.42 Å². The topological polar surface area (TPSA) is 74.7 Å². The first-order chi connectivity index (χ1) is 13.2. The van der Waals surface area contributed by atoms with Gasteiger partial charge in [-0.1, -0.05) is 25.1 Å². The van der Waals surface area contributed by atoms with Gasteiger partial charge in [-0.2, -0.15) is 0 Å². The van der Waals surface area contributed by atoms with Crippen LogP contribution in [0.4, 0.5) is 0 Å². The number of thiazole rings is 1. The van der Waals surface area contributed by atoms with Gasteiger partial charge in [-0.3, -0.25) is 9.59 Å². The molecule has 0 radical (unpaired) electrons. The molecule has 0 aliphatic heterocycles. The van der Waals surface area contributed by atoms with Crippen LogP contribution < -0.4 is 4.74 Å². The summed E-state index contributed by atoms with van der Waals surface area (Å²) in [6.45, 7) is 8.77. The Hall–Kier alpha value is -2.41. The Morgan fingerprint density at radius 2 is 1.82 bits per heavy atom. The maximum Gasteiger partial charge on any atom is 0.309 e. The van der Waals surface area contributed by atoms with Gasteiger partial charge in [0, 0.05) is 11.6 Å². The Bertz CT molecular complexity index is 755. The molecule has 7 heteroatoms. The zero-order valence-corrected chi connectivity index (χ0v) is 17.7. The first-order valence-electron chi connectivity index (χ1n) is 9.19. The first-order valence-corrected chi connectivity index (χ1v) is 10.1. The fourth-order valence-electron chi connectivity index (χ4n) is 2.45. The maximum absolute atomic E-state index is 12.5. The highest BCUT2D eigenvalue weighted by Crippen LogP contribution is 2.28. The Morgan fingerprint density at radius 3 is 2.39 bits per heavy atom. The van der Waals surface area contributed by atoms with Gasteiger partial charge in [-0.05, 0) is 39.8 Å². The Labute approximate surface area is 169 Å². The molecule has 2 aromatic rings. The van der Waals surface area contributed by atoms with Crippen molar-refractivity contribution in [1.82, 2.24) is 4.98 Å². The summed E-state index contributed by atoms with van der Waals surface area (Å²) in [4.78, 5) is 28.7. The minimum Gasteiger partial charge on any atom is -0.479 e. The highest BCUT2D eigenvalue weighted by molar-refractivity contribution is 7.09. The van der Waals surface area contributed by atoms with E-state index in [0.29, 0.717) is 10.8 Å². The fourth-order valence-corrected chi connectivity index (χ4v) is 3.20. The largest absolute Gasteiger partial charge is 0.479 e. The third-order valence-corrected chi connectivity index (χ3v) is 4.56. The van der Waals surface area contributed by atoms with E-state index in [1.165, 1.54) is 11.3 Å². The second-order valence-electron chi connectivity index (χ2n) is 7.56. The van der Waals surface area contributed by atoms with Gasteiger partial charge in [0.2, 0.25) is 0 Å². The smallest absolute Gasteiger partial charge is 0.309 e. The molecule has 1 aromatic heterocycles. The van der Waals surface area contributed by atoms with E-state index in [0.717, 1.165) is 0 Å². The van der Waals surface area contributed by atoms with Crippen LogP contribution in [0, 0.1) is 5.92 Å². The fraction of sp³-hybridized carbons (Fsp3) is 0.476. The standard InChI is InChI=1S/C21H27NO5S/c1-14(13-17(23)27-21(3,4)5)20(24)25-15(2)18(19-22-11-12-28-19)26-16-9-7-6-8-10-16/h6-12,14-15,18H,13H2,1-5H3/t14-,15+,18?/m1/s1. The summed E-state index contributed by atoms with van der Waals surface area (Å²) >= 11 is 1.43. The summed E-state index contributed by atoms with van der Waals surface area (Å²) in [5.74, 6) is -0.864. The van der Waals surface area contributed by atoms with Crippen LogP contribution in [-0.4, -0.2) is 28.6 Å². The lowest BCUT2D eigenvalue weighted by Gasteiger charge is -2.25. The van der Waals surface area contributed by atoms with Crippen LogP contribution in [0.15, 0.2) is 41.9 Å². The summed E-state index contributed by atoms with van der Waals surface area (Å²) in [5, 5.41) is 2.56. The third kappa shape index (κ3) is 6.96. The van der Waals surface area contributed by atoms with Crippen molar-refractivity contribution >= 4 is 23.3 Å². The summed E-state index contributed by atoms with van der Waals surface area (Å²) < 4.78 is 16.9. The van der Waals surface area contributed by atoms with Gasteiger partial charge in [0.1, 0.15) is 22.5 Å². The first kappa shape index (κ1) is 21.9. The number of esters is 2. The van der Waals surface area contributed by atoms with Gasteiger partial charge in [0.25, 0.3) is 0 Å². The molecule has 2 rings (SSSR count). The van der Waals surface area contributed by atoms with Crippen molar-refractivity contribution in [3.63, 3.8) is 0 Å². The van der Waals surface area contributed by atoms with Crippen molar-refractivity contribution in [2.45, 2.75) is 58.8 Å². The SMILES string of the molecule is C[C@H](CC(=O)OC(C)(C)C)C(=O)O[C@@H](C)C(Oc1ccccc1)c1nccs1. The summed E-state index contributed by atoms with van der Waals surface area (Å²) in [5.41, 5.74) is -0.590. The van der Waals surface area contributed by atoms with E-state index in [4.69, 9.17) is 14.2 Å². The molecule has 0 bridgehead atoms. The third-order valence-electron chi connectivity index (χ3n) is 3.72. The average molecular weight is 406 g/mol. The second kappa shape index (κ2) is 9.68. The molecule has 152 valence electrons. The lowest BCUT2D eigenvalue weighted by Crippen LogP contribution is -2.31. The van der Waals surface area contributed by atoms with Crippen LogP contribution in [0.5, 0.6) is 5.75 Å². The van der Waals surface area contributed by atoms with Gasteiger partial charge in [-0.15, -0.1) is 11.3 Å². The lowest BCUT2D eigenvalue weighted by atomic mass is 10.1. The number of hydrogen-bond acceptors (Lipinski definition) is 7. The molecular weight excluding hydrogens is 378 g/mol. The molecule has 3 atom stereocenters. The highest BCUT2D eigenvalue weighted by Gasteiger charge is 2.30. The van der Waals surface area contributed by atoms with Gasteiger partial charge < -0.3 is 14.2 Å². The van der Waals surface area contributed by atoms with Gasteiger partial charge in [0.15, 0.2) is 6.10 Å². The molecule has 0 aliphatic rings. The van der Waals surface area contributed by atoms with Gasteiger partial charge in [0.05, 0.1) is 12.3 Å². The number of carbonyl (C=O) groups excluding carboxylic acids is 2. The quantitative estimate of drug-likeness (QED) is 0.599. The van der Waals surface area contributed by atoms with Crippen molar-refractivity contribution in [3.8, 4) is 5.75 Å². The molecule has 0 spiro atoms. The molecule has 0 saturated heterocycles. The normalized spacial score (nSPS) is 14.6. The summed E-state index contributed by atoms with van der Waals surface area (Å²) in [6, 6.07) is 9.30. The number of carbonyl (C=O) groups is 2. The number of aromatic nitrogens is 1. The molecule has 0 aliphatic carbocycles. The lowest BCUT2D eigenvalue weighted by molar-refractivity contribution is -0.165. The zero-order valence-electron chi connectivity index (χ0n) is 16.9. The molecule has 1 aromatic carbocycles. The van der Waals surface area contributed by atoms with Crippen molar-refractivity contribution in [2.24, 2.45) is 5.92 Å². The zero-order chi connectivity index (χ0) is 20.7. The molecule has 0 amide bonds. The number of nitrogens with zero attached hydrogens (tertiary/aromatic N) is 1. The number of para-hydroxylation sites is 1. The van der Waals surface area contributed by atoms with Crippen LogP contribution in [0.2, 0.25) is 0 Å². The van der Waals surface area contributed by atoms with Crippen LogP contribution in [-0.2, 0) is 19.1 Å². The molecule has 0 fully saturated rings. The van der Waals surface area contributed by atoms with E-state index in [1.54, 1.807) is 40.8 Å². The van der Waals surface area contributed by atoms with Crippen molar-refractivity contribution in [2.75, 3.05) is 0 Å². The van der Waals surface area contributed by atoms with Crippen molar-refractivity contribution in [1.29, 1.82) is 0 Å². The minimum absolute atomic E-state index is 0.0374. The minimum atomic E-state index is -0.619. The van der Waals surface area contributed by atoms with Gasteiger partial charge >= 0.3 is 11.9 Å². The van der Waals surface area contributed by atoms with Crippen LogP contribution in [0.3, 0.4) is 0 Å².